The van der Waals surface area contributed by atoms with Crippen molar-refractivity contribution in [2.24, 2.45) is 0 Å². The highest BCUT2D eigenvalue weighted by Gasteiger charge is 2.22. The molecule has 2 heterocycles. The minimum Gasteiger partial charge on any atom is -0.497 e. The molecule has 0 saturated heterocycles. The van der Waals surface area contributed by atoms with Crippen LogP contribution in [0.15, 0.2) is 64.8 Å². The molecule has 1 atom stereocenters. The molecule has 0 fully saturated rings. The summed E-state index contributed by atoms with van der Waals surface area (Å²) in [6, 6.07) is 10.7. The zero-order valence-electron chi connectivity index (χ0n) is 18.7. The number of carbonyl (C=O) groups is 1. The van der Waals surface area contributed by atoms with Crippen LogP contribution in [0, 0.1) is 5.82 Å². The number of rotatable bonds is 8. The second kappa shape index (κ2) is 9.96. The van der Waals surface area contributed by atoms with Crippen molar-refractivity contribution >= 4 is 29.0 Å². The topological polar surface area (TPSA) is 99.8 Å². The number of amides is 1. The second-order valence-electron chi connectivity index (χ2n) is 7.23. The molecule has 0 radical (unpaired) electrons. The highest BCUT2D eigenvalue weighted by atomic mass is 32.2. The summed E-state index contributed by atoms with van der Waals surface area (Å²) in [4.78, 5) is 25.9. The molecule has 0 spiro atoms. The summed E-state index contributed by atoms with van der Waals surface area (Å²) in [6.45, 7) is 1.88. The van der Waals surface area contributed by atoms with E-state index in [1.165, 1.54) is 59.2 Å². The molecule has 0 aliphatic carbocycles. The van der Waals surface area contributed by atoms with E-state index in [2.05, 4.69) is 15.5 Å². The molecule has 0 bridgehead atoms. The first-order valence-electron chi connectivity index (χ1n) is 10.4. The van der Waals surface area contributed by atoms with Gasteiger partial charge < -0.3 is 14.8 Å². The van der Waals surface area contributed by atoms with Crippen LogP contribution in [0.4, 0.5) is 10.1 Å². The number of hydrogen-bond donors (Lipinski definition) is 1. The Morgan fingerprint density at radius 2 is 1.76 bits per heavy atom. The molecule has 1 N–H and O–H groups in total. The first-order valence-corrected chi connectivity index (χ1v) is 11.2. The lowest BCUT2D eigenvalue weighted by atomic mass is 10.2. The first-order chi connectivity index (χ1) is 16.4. The Balaban J connectivity index is 1.57. The lowest BCUT2D eigenvalue weighted by Gasteiger charge is -2.15. The Bertz CT molecular complexity index is 1360. The van der Waals surface area contributed by atoms with Crippen molar-refractivity contribution in [3.63, 3.8) is 0 Å². The number of anilines is 1. The molecule has 4 aromatic rings. The zero-order valence-corrected chi connectivity index (χ0v) is 19.5. The molecule has 176 valence electrons. The van der Waals surface area contributed by atoms with E-state index >= 15 is 0 Å². The van der Waals surface area contributed by atoms with Gasteiger partial charge in [-0.1, -0.05) is 18.7 Å². The Kier molecular flexibility index (Phi) is 6.82. The van der Waals surface area contributed by atoms with Gasteiger partial charge in [-0.15, -0.1) is 10.2 Å². The summed E-state index contributed by atoms with van der Waals surface area (Å²) in [5, 5.41) is 10.9. The van der Waals surface area contributed by atoms with Gasteiger partial charge >= 0.3 is 5.56 Å². The molecule has 9 nitrogen and oxygen atoms in total. The molecule has 0 aliphatic heterocycles. The molecule has 34 heavy (non-hydrogen) atoms. The number of halogens is 1. The highest BCUT2D eigenvalue weighted by Crippen LogP contribution is 2.28. The van der Waals surface area contributed by atoms with Crippen LogP contribution in [0.2, 0.25) is 0 Å². The Morgan fingerprint density at radius 1 is 1.09 bits per heavy atom. The van der Waals surface area contributed by atoms with E-state index in [-0.39, 0.29) is 11.6 Å². The van der Waals surface area contributed by atoms with E-state index in [0.29, 0.717) is 34.5 Å². The number of ether oxygens (including phenoxy) is 2. The van der Waals surface area contributed by atoms with Crippen LogP contribution in [0.3, 0.4) is 0 Å². The first kappa shape index (κ1) is 23.3. The van der Waals surface area contributed by atoms with Crippen molar-refractivity contribution in [3.05, 3.63) is 71.0 Å². The normalized spacial score (nSPS) is 11.9. The van der Waals surface area contributed by atoms with Crippen molar-refractivity contribution in [1.29, 1.82) is 0 Å². The number of aromatic nitrogens is 4. The van der Waals surface area contributed by atoms with Gasteiger partial charge in [0, 0.05) is 42.0 Å². The van der Waals surface area contributed by atoms with Gasteiger partial charge in [0.2, 0.25) is 11.6 Å². The summed E-state index contributed by atoms with van der Waals surface area (Å²) in [7, 11) is 3.07. The standard InChI is InChI=1S/C23H22FN5O4S/c1-4-19(21(30)25-15-11-17(32-2)13-18(12-15)33-3)34-23-27-26-20-22(31)28(9-10-29(20)23)16-7-5-14(24)6-8-16/h5-13,19H,4H2,1-3H3,(H,25,30). The molecular formula is C23H22FN5O4S. The second-order valence-corrected chi connectivity index (χ2v) is 8.40. The Hall–Kier alpha value is -3.86. The van der Waals surface area contributed by atoms with Crippen LogP contribution < -0.4 is 20.3 Å². The van der Waals surface area contributed by atoms with Crippen molar-refractivity contribution in [1.82, 2.24) is 19.2 Å². The fourth-order valence-corrected chi connectivity index (χ4v) is 4.24. The van der Waals surface area contributed by atoms with Crippen LogP contribution in [0.5, 0.6) is 11.5 Å². The monoisotopic (exact) mass is 483 g/mol. The number of benzene rings is 2. The highest BCUT2D eigenvalue weighted by molar-refractivity contribution is 8.00. The average Bonchev–Trinajstić information content (AvgIpc) is 3.26. The van der Waals surface area contributed by atoms with E-state index in [0.717, 1.165) is 0 Å². The number of fused-ring (bicyclic) bond motifs is 1. The van der Waals surface area contributed by atoms with Gasteiger partial charge in [0.1, 0.15) is 17.3 Å². The van der Waals surface area contributed by atoms with E-state index < -0.39 is 16.6 Å². The predicted octanol–water partition coefficient (Wildman–Crippen LogP) is 3.55. The SMILES string of the molecule is CCC(Sc1nnc2c(=O)n(-c3ccc(F)cc3)ccn12)C(=O)Nc1cc(OC)cc(OC)c1. The minimum atomic E-state index is -0.496. The van der Waals surface area contributed by atoms with Gasteiger partial charge in [-0.2, -0.15) is 0 Å². The predicted molar refractivity (Wildman–Crippen MR) is 127 cm³/mol. The molecule has 0 aliphatic rings. The number of hydrogen-bond acceptors (Lipinski definition) is 7. The summed E-state index contributed by atoms with van der Waals surface area (Å²) >= 11 is 1.20. The maximum atomic E-state index is 13.2. The molecule has 11 heteroatoms. The van der Waals surface area contributed by atoms with Gasteiger partial charge in [0.15, 0.2) is 5.16 Å². The molecule has 2 aromatic heterocycles. The fraction of sp³-hybridized carbons (Fsp3) is 0.217. The van der Waals surface area contributed by atoms with Gasteiger partial charge in [-0.3, -0.25) is 18.6 Å². The van der Waals surface area contributed by atoms with Gasteiger partial charge in [-0.25, -0.2) is 4.39 Å². The van der Waals surface area contributed by atoms with E-state index in [9.17, 15) is 14.0 Å². The third-order valence-electron chi connectivity index (χ3n) is 5.07. The van der Waals surface area contributed by atoms with E-state index in [1.54, 1.807) is 30.6 Å². The van der Waals surface area contributed by atoms with Crippen LogP contribution in [-0.2, 0) is 4.79 Å². The fourth-order valence-electron chi connectivity index (χ4n) is 3.30. The largest absolute Gasteiger partial charge is 0.497 e. The lowest BCUT2D eigenvalue weighted by Crippen LogP contribution is -2.25. The minimum absolute atomic E-state index is 0.0992. The maximum Gasteiger partial charge on any atom is 0.300 e. The van der Waals surface area contributed by atoms with Crippen LogP contribution in [0.25, 0.3) is 11.3 Å². The van der Waals surface area contributed by atoms with Crippen molar-refractivity contribution < 1.29 is 18.7 Å². The van der Waals surface area contributed by atoms with Crippen LogP contribution in [0.1, 0.15) is 13.3 Å². The van der Waals surface area contributed by atoms with E-state index in [1.807, 2.05) is 6.92 Å². The summed E-state index contributed by atoms with van der Waals surface area (Å²) in [6.07, 6.45) is 3.71. The summed E-state index contributed by atoms with van der Waals surface area (Å²) in [5.74, 6) is 0.474. The number of methoxy groups -OCH3 is 2. The van der Waals surface area contributed by atoms with Gasteiger partial charge in [0.25, 0.3) is 0 Å². The zero-order chi connectivity index (χ0) is 24.2. The quantitative estimate of drug-likeness (QED) is 0.383. The molecule has 0 saturated carbocycles. The molecule has 4 rings (SSSR count). The number of carbonyl (C=O) groups excluding carboxylic acids is 1. The third kappa shape index (κ3) is 4.74. The average molecular weight is 484 g/mol. The van der Waals surface area contributed by atoms with E-state index in [4.69, 9.17) is 9.47 Å². The molecule has 1 unspecified atom stereocenters. The Morgan fingerprint density at radius 3 is 2.38 bits per heavy atom. The van der Waals surface area contributed by atoms with Crippen molar-refractivity contribution in [3.8, 4) is 17.2 Å². The number of thioether (sulfide) groups is 1. The van der Waals surface area contributed by atoms with Crippen LogP contribution in [-0.4, -0.2) is 44.5 Å². The third-order valence-corrected chi connectivity index (χ3v) is 6.40. The van der Waals surface area contributed by atoms with Crippen molar-refractivity contribution in [2.75, 3.05) is 19.5 Å². The number of nitrogens with zero attached hydrogens (tertiary/aromatic N) is 4. The lowest BCUT2D eigenvalue weighted by molar-refractivity contribution is -0.115. The number of nitrogens with one attached hydrogen (secondary N) is 1. The van der Waals surface area contributed by atoms with Gasteiger partial charge in [-0.05, 0) is 30.7 Å². The molecular weight excluding hydrogens is 461 g/mol. The molecule has 2 aromatic carbocycles. The summed E-state index contributed by atoms with van der Waals surface area (Å²) < 4.78 is 26.6. The maximum absolute atomic E-state index is 13.2. The summed E-state index contributed by atoms with van der Waals surface area (Å²) in [5.41, 5.74) is 0.732. The Labute approximate surface area is 198 Å². The molecule has 1 amide bonds. The smallest absolute Gasteiger partial charge is 0.300 e. The van der Waals surface area contributed by atoms with Crippen molar-refractivity contribution in [2.45, 2.75) is 23.8 Å². The van der Waals surface area contributed by atoms with Crippen LogP contribution >= 0.6 is 11.8 Å². The van der Waals surface area contributed by atoms with Gasteiger partial charge in [0.05, 0.1) is 19.5 Å².